The second-order valence-electron chi connectivity index (χ2n) is 4.63. The van der Waals surface area contributed by atoms with Crippen molar-refractivity contribution in [1.29, 1.82) is 0 Å². The van der Waals surface area contributed by atoms with Gasteiger partial charge in [0.25, 0.3) is 0 Å². The molecule has 0 atom stereocenters. The van der Waals surface area contributed by atoms with Crippen molar-refractivity contribution in [2.75, 3.05) is 26.3 Å². The molecule has 0 fully saturated rings. The third-order valence-electron chi connectivity index (χ3n) is 3.06. The number of carbonyl (C=O) groups is 1. The first-order chi connectivity index (χ1) is 11.6. The van der Waals surface area contributed by atoms with Gasteiger partial charge in [-0.05, 0) is 26.0 Å². The van der Waals surface area contributed by atoms with E-state index < -0.39 is 0 Å². The maximum Gasteiger partial charge on any atom is 0.350 e. The van der Waals surface area contributed by atoms with E-state index in [1.54, 1.807) is 40.3 Å². The Kier molecular flexibility index (Phi) is 6.14. The van der Waals surface area contributed by atoms with Crippen LogP contribution in [0.3, 0.4) is 0 Å². The number of methoxy groups -OCH3 is 2. The molecule has 0 unspecified atom stereocenters. The van der Waals surface area contributed by atoms with E-state index in [1.807, 2.05) is 12.1 Å². The number of benzene rings is 1. The van der Waals surface area contributed by atoms with Crippen LogP contribution in [0.15, 0.2) is 23.3 Å². The van der Waals surface area contributed by atoms with E-state index >= 15 is 0 Å². The van der Waals surface area contributed by atoms with Gasteiger partial charge in [0.2, 0.25) is 5.13 Å². The Morgan fingerprint density at radius 1 is 1.38 bits per heavy atom. The molecule has 7 nitrogen and oxygen atoms in total. The maximum absolute atomic E-state index is 11.8. The van der Waals surface area contributed by atoms with Crippen LogP contribution in [-0.4, -0.2) is 38.0 Å². The lowest BCUT2D eigenvalue weighted by Gasteiger charge is -2.06. The number of hydrogen-bond acceptors (Lipinski definition) is 8. The van der Waals surface area contributed by atoms with Gasteiger partial charge in [0, 0.05) is 11.6 Å². The summed E-state index contributed by atoms with van der Waals surface area (Å²) in [5.41, 5.74) is 4.21. The number of aryl methyl sites for hydroxylation is 1. The number of esters is 1. The lowest BCUT2D eigenvalue weighted by molar-refractivity contribution is 0.0531. The van der Waals surface area contributed by atoms with E-state index in [4.69, 9.17) is 14.2 Å². The number of hydrogen-bond donors (Lipinski definition) is 1. The molecule has 2 rings (SSSR count). The lowest BCUT2D eigenvalue weighted by Crippen LogP contribution is -2.03. The molecule has 1 heterocycles. The van der Waals surface area contributed by atoms with Crippen LogP contribution < -0.4 is 14.9 Å². The monoisotopic (exact) mass is 349 g/mol. The summed E-state index contributed by atoms with van der Waals surface area (Å²) in [5, 5.41) is 4.65. The standard InChI is InChI=1S/C16H19N3O4S/c1-5-23-15(20)14-10(2)18-16(24-14)19-17-9-11-6-7-12(21-3)8-13(11)22-4/h6-9H,5H2,1-4H3,(H,18,19)/b17-9-. The van der Waals surface area contributed by atoms with Crippen molar-refractivity contribution in [2.24, 2.45) is 5.10 Å². The zero-order valence-corrected chi connectivity index (χ0v) is 14.8. The van der Waals surface area contributed by atoms with Crippen molar-refractivity contribution >= 4 is 28.7 Å². The van der Waals surface area contributed by atoms with Gasteiger partial charge in [-0.3, -0.25) is 5.43 Å². The van der Waals surface area contributed by atoms with Crippen LogP contribution in [0.1, 0.15) is 27.9 Å². The number of anilines is 1. The van der Waals surface area contributed by atoms with Gasteiger partial charge in [-0.15, -0.1) is 0 Å². The van der Waals surface area contributed by atoms with Crippen molar-refractivity contribution in [3.63, 3.8) is 0 Å². The SMILES string of the molecule is CCOC(=O)c1sc(N/N=C\c2ccc(OC)cc2OC)nc1C. The number of carbonyl (C=O) groups excluding carboxylic acids is 1. The zero-order chi connectivity index (χ0) is 17.5. The minimum Gasteiger partial charge on any atom is -0.497 e. The maximum atomic E-state index is 11.8. The molecule has 1 N–H and O–H groups in total. The van der Waals surface area contributed by atoms with E-state index in [2.05, 4.69) is 15.5 Å². The molecule has 24 heavy (non-hydrogen) atoms. The molecule has 1 aromatic carbocycles. The van der Waals surface area contributed by atoms with Gasteiger partial charge < -0.3 is 14.2 Å². The Bertz CT molecular complexity index is 743. The van der Waals surface area contributed by atoms with Gasteiger partial charge in [0.15, 0.2) is 0 Å². The van der Waals surface area contributed by atoms with Crippen molar-refractivity contribution < 1.29 is 19.0 Å². The second-order valence-corrected chi connectivity index (χ2v) is 5.63. The highest BCUT2D eigenvalue weighted by atomic mass is 32.1. The molecule has 1 aromatic heterocycles. The summed E-state index contributed by atoms with van der Waals surface area (Å²) >= 11 is 1.20. The largest absolute Gasteiger partial charge is 0.497 e. The fourth-order valence-electron chi connectivity index (χ4n) is 1.91. The Hall–Kier alpha value is -2.61. The molecule has 0 saturated heterocycles. The van der Waals surface area contributed by atoms with E-state index in [0.29, 0.717) is 33.8 Å². The van der Waals surface area contributed by atoms with Crippen LogP contribution in [0.2, 0.25) is 0 Å². The minimum absolute atomic E-state index is 0.328. The molecule has 0 radical (unpaired) electrons. The van der Waals surface area contributed by atoms with Gasteiger partial charge in [0.05, 0.1) is 32.7 Å². The van der Waals surface area contributed by atoms with Crippen LogP contribution in [0.5, 0.6) is 11.5 Å². The highest BCUT2D eigenvalue weighted by Gasteiger charge is 2.15. The summed E-state index contributed by atoms with van der Waals surface area (Å²) in [6.45, 7) is 3.85. The fourth-order valence-corrected chi connectivity index (χ4v) is 2.72. The predicted molar refractivity (Wildman–Crippen MR) is 93.6 cm³/mol. The third kappa shape index (κ3) is 4.23. The quantitative estimate of drug-likeness (QED) is 0.470. The summed E-state index contributed by atoms with van der Waals surface area (Å²) in [4.78, 5) is 16.5. The zero-order valence-electron chi connectivity index (χ0n) is 14.0. The predicted octanol–water partition coefficient (Wildman–Crippen LogP) is 3.09. The van der Waals surface area contributed by atoms with Crippen LogP contribution in [0, 0.1) is 6.92 Å². The van der Waals surface area contributed by atoms with Gasteiger partial charge in [-0.1, -0.05) is 11.3 Å². The number of nitrogens with zero attached hydrogens (tertiary/aromatic N) is 2. The van der Waals surface area contributed by atoms with Crippen molar-refractivity contribution in [2.45, 2.75) is 13.8 Å². The van der Waals surface area contributed by atoms with Crippen LogP contribution in [0.25, 0.3) is 0 Å². The molecule has 0 aliphatic heterocycles. The minimum atomic E-state index is -0.374. The smallest absolute Gasteiger partial charge is 0.350 e. The molecule has 0 aliphatic carbocycles. The Balaban J connectivity index is 2.09. The van der Waals surface area contributed by atoms with Crippen molar-refractivity contribution in [3.05, 3.63) is 34.3 Å². The average Bonchev–Trinajstić information content (AvgIpc) is 2.96. The number of nitrogens with one attached hydrogen (secondary N) is 1. The number of rotatable bonds is 7. The van der Waals surface area contributed by atoms with Crippen molar-refractivity contribution in [1.82, 2.24) is 4.98 Å². The highest BCUT2D eigenvalue weighted by Crippen LogP contribution is 2.25. The number of hydrazone groups is 1. The molecular weight excluding hydrogens is 330 g/mol. The van der Waals surface area contributed by atoms with E-state index in [-0.39, 0.29) is 5.97 Å². The molecule has 8 heteroatoms. The van der Waals surface area contributed by atoms with Crippen molar-refractivity contribution in [3.8, 4) is 11.5 Å². The topological polar surface area (TPSA) is 82.0 Å². The van der Waals surface area contributed by atoms with Gasteiger partial charge in [0.1, 0.15) is 16.4 Å². The molecule has 2 aromatic rings. The Morgan fingerprint density at radius 2 is 2.17 bits per heavy atom. The summed E-state index contributed by atoms with van der Waals surface area (Å²) in [7, 11) is 3.17. The summed E-state index contributed by atoms with van der Waals surface area (Å²) in [6.07, 6.45) is 1.61. The average molecular weight is 349 g/mol. The summed E-state index contributed by atoms with van der Waals surface area (Å²) in [5.74, 6) is 0.968. The Labute approximate surface area is 144 Å². The van der Waals surface area contributed by atoms with E-state index in [0.717, 1.165) is 5.56 Å². The molecule has 128 valence electrons. The Morgan fingerprint density at radius 3 is 2.83 bits per heavy atom. The van der Waals surface area contributed by atoms with Gasteiger partial charge in [-0.2, -0.15) is 5.10 Å². The first kappa shape index (κ1) is 17.7. The number of aromatic nitrogens is 1. The molecule has 0 aliphatic rings. The second kappa shape index (κ2) is 8.30. The van der Waals surface area contributed by atoms with Gasteiger partial charge in [-0.25, -0.2) is 9.78 Å². The van der Waals surface area contributed by atoms with Crippen LogP contribution in [-0.2, 0) is 4.74 Å². The lowest BCUT2D eigenvalue weighted by atomic mass is 10.2. The van der Waals surface area contributed by atoms with E-state index in [1.165, 1.54) is 11.3 Å². The molecule has 0 spiro atoms. The first-order valence-electron chi connectivity index (χ1n) is 7.24. The molecule has 0 amide bonds. The van der Waals surface area contributed by atoms with Gasteiger partial charge >= 0.3 is 5.97 Å². The van der Waals surface area contributed by atoms with E-state index in [9.17, 15) is 4.79 Å². The number of ether oxygens (including phenoxy) is 3. The van der Waals surface area contributed by atoms with Crippen LogP contribution in [0.4, 0.5) is 5.13 Å². The first-order valence-corrected chi connectivity index (χ1v) is 8.06. The molecule has 0 bridgehead atoms. The fraction of sp³-hybridized carbons (Fsp3) is 0.312. The number of thiazole rings is 1. The summed E-state index contributed by atoms with van der Waals surface area (Å²) < 4.78 is 15.4. The van der Waals surface area contributed by atoms with Crippen LogP contribution >= 0.6 is 11.3 Å². The molecule has 0 saturated carbocycles. The molecular formula is C16H19N3O4S. The summed E-state index contributed by atoms with van der Waals surface area (Å²) in [6, 6.07) is 5.42. The highest BCUT2D eigenvalue weighted by molar-refractivity contribution is 7.17. The normalized spacial score (nSPS) is 10.7. The third-order valence-corrected chi connectivity index (χ3v) is 4.10.